The van der Waals surface area contributed by atoms with Gasteiger partial charge in [-0.3, -0.25) is 0 Å². The van der Waals surface area contributed by atoms with Crippen molar-refractivity contribution in [2.75, 3.05) is 0 Å². The molecule has 1 rings (SSSR count). The largest absolute Gasteiger partial charge is 0.393 e. The Morgan fingerprint density at radius 2 is 2.11 bits per heavy atom. The molecular formula is C7H13FO. The van der Waals surface area contributed by atoms with Gasteiger partial charge in [0.25, 0.3) is 0 Å². The van der Waals surface area contributed by atoms with Crippen molar-refractivity contribution in [3.8, 4) is 0 Å². The zero-order valence-corrected chi connectivity index (χ0v) is 5.68. The second-order valence-electron chi connectivity index (χ2n) is 2.96. The molecule has 0 saturated heterocycles. The molecule has 1 fully saturated rings. The van der Waals surface area contributed by atoms with Crippen molar-refractivity contribution in [1.82, 2.24) is 0 Å². The molecule has 0 aromatic rings. The van der Waals surface area contributed by atoms with E-state index in [1.165, 1.54) is 0 Å². The minimum Gasteiger partial charge on any atom is -0.393 e. The van der Waals surface area contributed by atoms with Crippen LogP contribution in [0, 0.1) is 5.92 Å². The molecule has 1 aliphatic rings. The number of rotatable bonds is 0. The van der Waals surface area contributed by atoms with Gasteiger partial charge in [-0.25, -0.2) is 4.39 Å². The molecule has 0 aliphatic heterocycles. The molecule has 0 spiro atoms. The van der Waals surface area contributed by atoms with Gasteiger partial charge in [-0.05, 0) is 25.2 Å². The van der Waals surface area contributed by atoms with Crippen LogP contribution in [0.4, 0.5) is 4.39 Å². The second kappa shape index (κ2) is 2.65. The van der Waals surface area contributed by atoms with Crippen molar-refractivity contribution >= 4 is 0 Å². The van der Waals surface area contributed by atoms with Crippen LogP contribution in [0.15, 0.2) is 0 Å². The third kappa shape index (κ3) is 1.65. The first-order valence-corrected chi connectivity index (χ1v) is 3.52. The molecule has 54 valence electrons. The maximum Gasteiger partial charge on any atom is 0.103 e. The normalized spacial score (nSPS) is 45.0. The lowest BCUT2D eigenvalue weighted by Crippen LogP contribution is -2.26. The molecule has 9 heavy (non-hydrogen) atoms. The van der Waals surface area contributed by atoms with E-state index in [0.29, 0.717) is 19.3 Å². The summed E-state index contributed by atoms with van der Waals surface area (Å²) in [6.07, 6.45) is 0.912. The standard InChI is InChI=1S/C7H13FO/c1-5-4-6(9)2-3-7(5)8/h5-7,9H,2-4H2,1H3. The molecule has 1 N–H and O–H groups in total. The molecule has 0 bridgehead atoms. The molecular weight excluding hydrogens is 119 g/mol. The number of aliphatic hydroxyl groups excluding tert-OH is 1. The van der Waals surface area contributed by atoms with E-state index in [1.54, 1.807) is 0 Å². The lowest BCUT2D eigenvalue weighted by atomic mass is 9.87. The zero-order chi connectivity index (χ0) is 6.85. The van der Waals surface area contributed by atoms with Gasteiger partial charge < -0.3 is 5.11 Å². The van der Waals surface area contributed by atoms with E-state index in [2.05, 4.69) is 0 Å². The van der Waals surface area contributed by atoms with Crippen molar-refractivity contribution < 1.29 is 9.50 Å². The zero-order valence-electron chi connectivity index (χ0n) is 5.68. The van der Waals surface area contributed by atoms with Gasteiger partial charge in [0.2, 0.25) is 0 Å². The van der Waals surface area contributed by atoms with Crippen LogP contribution < -0.4 is 0 Å². The van der Waals surface area contributed by atoms with Gasteiger partial charge in [0.05, 0.1) is 6.10 Å². The summed E-state index contributed by atoms with van der Waals surface area (Å²) in [5, 5.41) is 9.03. The van der Waals surface area contributed by atoms with Crippen LogP contribution in [-0.2, 0) is 0 Å². The molecule has 2 heteroatoms. The fraction of sp³-hybridized carbons (Fsp3) is 1.00. The highest BCUT2D eigenvalue weighted by molar-refractivity contribution is 4.76. The summed E-state index contributed by atoms with van der Waals surface area (Å²) in [5.74, 6) is 0.0637. The van der Waals surface area contributed by atoms with Crippen molar-refractivity contribution in [2.24, 2.45) is 5.92 Å². The predicted octanol–water partition coefficient (Wildman–Crippen LogP) is 1.51. The molecule has 1 saturated carbocycles. The van der Waals surface area contributed by atoms with E-state index in [9.17, 15) is 4.39 Å². The van der Waals surface area contributed by atoms with Crippen molar-refractivity contribution in [1.29, 1.82) is 0 Å². The van der Waals surface area contributed by atoms with E-state index in [-0.39, 0.29) is 12.0 Å². The Balaban J connectivity index is 2.35. The predicted molar refractivity (Wildman–Crippen MR) is 33.9 cm³/mol. The minimum atomic E-state index is -0.673. The highest BCUT2D eigenvalue weighted by Crippen LogP contribution is 2.26. The first-order chi connectivity index (χ1) is 4.20. The second-order valence-corrected chi connectivity index (χ2v) is 2.96. The van der Waals surface area contributed by atoms with Crippen LogP contribution in [0.3, 0.4) is 0 Å². The molecule has 0 aromatic carbocycles. The summed E-state index contributed by atoms with van der Waals surface area (Å²) < 4.78 is 12.6. The van der Waals surface area contributed by atoms with Crippen molar-refractivity contribution in [3.63, 3.8) is 0 Å². The summed E-state index contributed by atoms with van der Waals surface area (Å²) in [5.41, 5.74) is 0. The lowest BCUT2D eigenvalue weighted by Gasteiger charge is -2.25. The Morgan fingerprint density at radius 3 is 2.56 bits per heavy atom. The average molecular weight is 132 g/mol. The monoisotopic (exact) mass is 132 g/mol. The van der Waals surface area contributed by atoms with Crippen LogP contribution in [0.25, 0.3) is 0 Å². The molecule has 1 nitrogen and oxygen atoms in total. The quantitative estimate of drug-likeness (QED) is 0.529. The number of hydrogen-bond donors (Lipinski definition) is 1. The SMILES string of the molecule is CC1CC(O)CCC1F. The van der Waals surface area contributed by atoms with E-state index in [0.717, 1.165) is 0 Å². The third-order valence-corrected chi connectivity index (χ3v) is 2.04. The lowest BCUT2D eigenvalue weighted by molar-refractivity contribution is 0.0579. The van der Waals surface area contributed by atoms with Gasteiger partial charge in [-0.15, -0.1) is 0 Å². The van der Waals surface area contributed by atoms with Crippen LogP contribution in [0.1, 0.15) is 26.2 Å². The number of halogens is 1. The Labute approximate surface area is 54.9 Å². The Morgan fingerprint density at radius 1 is 1.44 bits per heavy atom. The fourth-order valence-electron chi connectivity index (χ4n) is 1.33. The minimum absolute atomic E-state index is 0.0637. The molecule has 0 radical (unpaired) electrons. The summed E-state index contributed by atoms with van der Waals surface area (Å²) in [6.45, 7) is 1.85. The Kier molecular flexibility index (Phi) is 2.06. The highest BCUT2D eigenvalue weighted by Gasteiger charge is 2.25. The van der Waals surface area contributed by atoms with Gasteiger partial charge in [0, 0.05) is 0 Å². The summed E-state index contributed by atoms with van der Waals surface area (Å²) in [7, 11) is 0. The van der Waals surface area contributed by atoms with Gasteiger partial charge in [0.1, 0.15) is 6.17 Å². The van der Waals surface area contributed by atoms with E-state index in [4.69, 9.17) is 5.11 Å². The number of alkyl halides is 1. The average Bonchev–Trinajstić information content (AvgIpc) is 1.80. The van der Waals surface area contributed by atoms with E-state index < -0.39 is 6.17 Å². The molecule has 0 amide bonds. The number of aliphatic hydroxyl groups is 1. The maximum absolute atomic E-state index is 12.6. The molecule has 3 unspecified atom stereocenters. The highest BCUT2D eigenvalue weighted by atomic mass is 19.1. The van der Waals surface area contributed by atoms with Gasteiger partial charge in [0.15, 0.2) is 0 Å². The van der Waals surface area contributed by atoms with Gasteiger partial charge in [-0.2, -0.15) is 0 Å². The first-order valence-electron chi connectivity index (χ1n) is 3.52. The third-order valence-electron chi connectivity index (χ3n) is 2.04. The maximum atomic E-state index is 12.6. The topological polar surface area (TPSA) is 20.2 Å². The summed E-state index contributed by atoms with van der Waals surface area (Å²) in [6, 6.07) is 0. The van der Waals surface area contributed by atoms with Crippen LogP contribution >= 0.6 is 0 Å². The summed E-state index contributed by atoms with van der Waals surface area (Å²) >= 11 is 0. The molecule has 0 aromatic heterocycles. The van der Waals surface area contributed by atoms with Crippen LogP contribution in [-0.4, -0.2) is 17.4 Å². The Bertz CT molecular complexity index is 94.9. The van der Waals surface area contributed by atoms with Crippen molar-refractivity contribution in [2.45, 2.75) is 38.5 Å². The molecule has 1 aliphatic carbocycles. The molecule has 3 atom stereocenters. The fourth-order valence-corrected chi connectivity index (χ4v) is 1.33. The van der Waals surface area contributed by atoms with E-state index in [1.807, 2.05) is 6.92 Å². The van der Waals surface area contributed by atoms with Crippen LogP contribution in [0.5, 0.6) is 0 Å². The first kappa shape index (κ1) is 7.00. The van der Waals surface area contributed by atoms with Gasteiger partial charge >= 0.3 is 0 Å². The molecule has 0 heterocycles. The summed E-state index contributed by atoms with van der Waals surface area (Å²) in [4.78, 5) is 0. The smallest absolute Gasteiger partial charge is 0.103 e. The van der Waals surface area contributed by atoms with Gasteiger partial charge in [-0.1, -0.05) is 6.92 Å². The van der Waals surface area contributed by atoms with Crippen LogP contribution in [0.2, 0.25) is 0 Å². The number of hydrogen-bond acceptors (Lipinski definition) is 1. The van der Waals surface area contributed by atoms with Crippen molar-refractivity contribution in [3.05, 3.63) is 0 Å². The van der Waals surface area contributed by atoms with E-state index >= 15 is 0 Å². The Hall–Kier alpha value is -0.110.